The van der Waals surface area contributed by atoms with Gasteiger partial charge in [-0.05, 0) is 18.6 Å². The molecule has 0 radical (unpaired) electrons. The highest BCUT2D eigenvalue weighted by molar-refractivity contribution is 5.87. The second-order valence-electron chi connectivity index (χ2n) is 5.57. The summed E-state index contributed by atoms with van der Waals surface area (Å²) in [4.78, 5) is 13.3. The lowest BCUT2D eigenvalue weighted by Gasteiger charge is -2.14. The predicted molar refractivity (Wildman–Crippen MR) is 80.1 cm³/mol. The Morgan fingerprint density at radius 2 is 2.27 bits per heavy atom. The van der Waals surface area contributed by atoms with Crippen LogP contribution in [0.2, 0.25) is 0 Å². The van der Waals surface area contributed by atoms with Gasteiger partial charge in [0.05, 0.1) is 12.6 Å². The van der Waals surface area contributed by atoms with Crippen molar-refractivity contribution in [3.05, 3.63) is 35.9 Å². The number of anilines is 1. The van der Waals surface area contributed by atoms with Crippen molar-refractivity contribution in [1.29, 1.82) is 0 Å². The smallest absolute Gasteiger partial charge is 0.222 e. The van der Waals surface area contributed by atoms with Crippen molar-refractivity contribution >= 4 is 11.7 Å². The van der Waals surface area contributed by atoms with Crippen LogP contribution in [0.1, 0.15) is 30.9 Å². The Bertz CT molecular complexity index is 649. The number of carbonyl (C=O) groups is 1. The molecule has 0 saturated carbocycles. The molecule has 2 N–H and O–H groups in total. The predicted octanol–water partition coefficient (Wildman–Crippen LogP) is 1.37. The maximum atomic E-state index is 11.0. The van der Waals surface area contributed by atoms with Gasteiger partial charge < -0.3 is 14.8 Å². The van der Waals surface area contributed by atoms with Gasteiger partial charge in [0.25, 0.3) is 0 Å². The minimum Gasteiger partial charge on any atom is -0.462 e. The number of hydrogen-bond donors (Lipinski definition) is 2. The van der Waals surface area contributed by atoms with Crippen molar-refractivity contribution in [1.82, 2.24) is 14.7 Å². The number of furan rings is 1. The molecule has 2 aromatic rings. The molecule has 0 spiro atoms. The van der Waals surface area contributed by atoms with Crippen LogP contribution in [-0.4, -0.2) is 38.8 Å². The van der Waals surface area contributed by atoms with Gasteiger partial charge in [0.2, 0.25) is 5.91 Å². The Labute approximate surface area is 128 Å². The molecule has 118 valence electrons. The molecule has 1 atom stereocenters. The first-order valence-electron chi connectivity index (χ1n) is 7.37. The van der Waals surface area contributed by atoms with Gasteiger partial charge in [-0.1, -0.05) is 0 Å². The Morgan fingerprint density at radius 1 is 1.45 bits per heavy atom. The number of carbonyl (C=O) groups excluding carboxylic acids is 1. The van der Waals surface area contributed by atoms with Gasteiger partial charge >= 0.3 is 0 Å². The lowest BCUT2D eigenvalue weighted by molar-refractivity contribution is -0.114. The van der Waals surface area contributed by atoms with E-state index in [1.165, 1.54) is 6.92 Å². The van der Waals surface area contributed by atoms with E-state index in [0.29, 0.717) is 17.6 Å². The number of amides is 1. The molecule has 1 aliphatic rings. The van der Waals surface area contributed by atoms with Gasteiger partial charge in [-0.3, -0.25) is 14.4 Å². The molecule has 0 bridgehead atoms. The number of nitrogens with zero attached hydrogens (tertiary/aromatic N) is 3. The highest BCUT2D eigenvalue weighted by Gasteiger charge is 2.25. The maximum absolute atomic E-state index is 11.0. The van der Waals surface area contributed by atoms with E-state index in [9.17, 15) is 4.79 Å². The summed E-state index contributed by atoms with van der Waals surface area (Å²) in [7, 11) is 0. The first kappa shape index (κ1) is 14.8. The minimum atomic E-state index is -0.115. The third kappa shape index (κ3) is 3.37. The number of hydrogen-bond acceptors (Lipinski definition) is 5. The molecule has 2 aromatic heterocycles. The van der Waals surface area contributed by atoms with Gasteiger partial charge in [0.1, 0.15) is 18.1 Å². The van der Waals surface area contributed by atoms with E-state index < -0.39 is 0 Å². The highest BCUT2D eigenvalue weighted by atomic mass is 16.4. The third-order valence-electron chi connectivity index (χ3n) is 3.79. The van der Waals surface area contributed by atoms with Crippen LogP contribution in [0.4, 0.5) is 5.82 Å². The first-order valence-corrected chi connectivity index (χ1v) is 7.37. The summed E-state index contributed by atoms with van der Waals surface area (Å²) in [5, 5.41) is 16.1. The topological polar surface area (TPSA) is 83.5 Å². The molecule has 7 nitrogen and oxygen atoms in total. The van der Waals surface area contributed by atoms with Crippen molar-refractivity contribution in [2.45, 2.75) is 32.5 Å². The van der Waals surface area contributed by atoms with Crippen LogP contribution in [-0.2, 0) is 17.9 Å². The van der Waals surface area contributed by atoms with Crippen LogP contribution in [0.25, 0.3) is 0 Å². The number of aliphatic hydroxyl groups is 1. The summed E-state index contributed by atoms with van der Waals surface area (Å²) in [5.74, 6) is 1.93. The van der Waals surface area contributed by atoms with Gasteiger partial charge in [-0.2, -0.15) is 5.10 Å². The fourth-order valence-electron chi connectivity index (χ4n) is 2.77. The second-order valence-corrected chi connectivity index (χ2v) is 5.57. The van der Waals surface area contributed by atoms with E-state index in [1.807, 2.05) is 23.0 Å². The summed E-state index contributed by atoms with van der Waals surface area (Å²) in [6, 6.07) is 5.82. The van der Waals surface area contributed by atoms with Crippen LogP contribution in [0.15, 0.2) is 28.8 Å². The summed E-state index contributed by atoms with van der Waals surface area (Å²) < 4.78 is 7.43. The lowest BCUT2D eigenvalue weighted by atomic mass is 10.3. The van der Waals surface area contributed by atoms with E-state index in [4.69, 9.17) is 9.52 Å². The molecule has 3 heterocycles. The fourth-order valence-corrected chi connectivity index (χ4v) is 2.77. The monoisotopic (exact) mass is 304 g/mol. The SMILES string of the molecule is CC(=O)Nc1ccn(C2CCN(Cc3ccc(CO)o3)C2)n1. The second kappa shape index (κ2) is 6.33. The summed E-state index contributed by atoms with van der Waals surface area (Å²) in [5.41, 5.74) is 0. The van der Waals surface area contributed by atoms with Crippen molar-refractivity contribution in [3.63, 3.8) is 0 Å². The molecule has 0 aromatic carbocycles. The zero-order valence-corrected chi connectivity index (χ0v) is 12.5. The maximum Gasteiger partial charge on any atom is 0.222 e. The van der Waals surface area contributed by atoms with Crippen molar-refractivity contribution < 1.29 is 14.3 Å². The molecule has 3 rings (SSSR count). The van der Waals surface area contributed by atoms with E-state index in [-0.39, 0.29) is 12.5 Å². The van der Waals surface area contributed by atoms with Crippen molar-refractivity contribution in [3.8, 4) is 0 Å². The Kier molecular flexibility index (Phi) is 4.26. The van der Waals surface area contributed by atoms with Crippen molar-refractivity contribution in [2.75, 3.05) is 18.4 Å². The van der Waals surface area contributed by atoms with Crippen LogP contribution in [0.5, 0.6) is 0 Å². The van der Waals surface area contributed by atoms with E-state index in [2.05, 4.69) is 15.3 Å². The zero-order valence-electron chi connectivity index (χ0n) is 12.5. The van der Waals surface area contributed by atoms with Crippen LogP contribution < -0.4 is 5.32 Å². The normalized spacial score (nSPS) is 18.7. The van der Waals surface area contributed by atoms with Gasteiger partial charge in [-0.15, -0.1) is 0 Å². The standard InChI is InChI=1S/C15H20N4O3/c1-11(21)16-15-5-7-19(17-15)12-4-6-18(8-12)9-13-2-3-14(10-20)22-13/h2-3,5,7,12,20H,4,6,8-10H2,1H3,(H,16,17,21). The number of aromatic nitrogens is 2. The van der Waals surface area contributed by atoms with Gasteiger partial charge in [-0.25, -0.2) is 0 Å². The molecule has 1 fully saturated rings. The zero-order chi connectivity index (χ0) is 15.5. The number of aliphatic hydroxyl groups excluding tert-OH is 1. The fraction of sp³-hybridized carbons (Fsp3) is 0.467. The molecule has 7 heteroatoms. The molecule has 22 heavy (non-hydrogen) atoms. The summed E-state index contributed by atoms with van der Waals surface area (Å²) in [6.45, 7) is 3.99. The largest absolute Gasteiger partial charge is 0.462 e. The number of rotatable bonds is 5. The number of likely N-dealkylation sites (tertiary alicyclic amines) is 1. The van der Waals surface area contributed by atoms with E-state index in [0.717, 1.165) is 31.8 Å². The molecule has 1 unspecified atom stereocenters. The average Bonchev–Trinajstić information content (AvgIpc) is 3.18. The Hall–Kier alpha value is -2.12. The molecular formula is C15H20N4O3. The van der Waals surface area contributed by atoms with Crippen LogP contribution >= 0.6 is 0 Å². The summed E-state index contributed by atoms with van der Waals surface area (Å²) in [6.07, 6.45) is 2.91. The quantitative estimate of drug-likeness (QED) is 0.872. The Morgan fingerprint density at radius 3 is 3.00 bits per heavy atom. The van der Waals surface area contributed by atoms with Gasteiger partial charge in [0, 0.05) is 32.3 Å². The van der Waals surface area contributed by atoms with E-state index in [1.54, 1.807) is 6.07 Å². The van der Waals surface area contributed by atoms with Crippen LogP contribution in [0.3, 0.4) is 0 Å². The average molecular weight is 304 g/mol. The van der Waals surface area contributed by atoms with Crippen LogP contribution in [0, 0.1) is 0 Å². The van der Waals surface area contributed by atoms with Gasteiger partial charge in [0.15, 0.2) is 5.82 Å². The first-order chi connectivity index (χ1) is 10.6. The minimum absolute atomic E-state index is 0.0676. The summed E-state index contributed by atoms with van der Waals surface area (Å²) >= 11 is 0. The molecule has 1 saturated heterocycles. The molecule has 1 amide bonds. The van der Waals surface area contributed by atoms with E-state index >= 15 is 0 Å². The Balaban J connectivity index is 1.57. The molecule has 0 aliphatic carbocycles. The van der Waals surface area contributed by atoms with Crippen molar-refractivity contribution in [2.24, 2.45) is 0 Å². The molecule has 1 aliphatic heterocycles. The highest BCUT2D eigenvalue weighted by Crippen LogP contribution is 2.24. The lowest BCUT2D eigenvalue weighted by Crippen LogP contribution is -2.21. The third-order valence-corrected chi connectivity index (χ3v) is 3.79. The molecular weight excluding hydrogens is 284 g/mol. The number of nitrogens with one attached hydrogen (secondary N) is 1.